The molecule has 0 aliphatic carbocycles. The fourth-order valence-electron chi connectivity index (χ4n) is 1.57. The molecule has 1 aliphatic rings. The van der Waals surface area contributed by atoms with Gasteiger partial charge in [0, 0.05) is 6.54 Å². The van der Waals surface area contributed by atoms with Gasteiger partial charge in [-0.2, -0.15) is 0 Å². The van der Waals surface area contributed by atoms with E-state index in [1.54, 1.807) is 6.08 Å². The minimum Gasteiger partial charge on any atom is -0.306 e. The zero-order chi connectivity index (χ0) is 8.10. The molecule has 1 rings (SSSR count). The number of hydrogen-bond donors (Lipinski definition) is 0. The topological polar surface area (TPSA) is 20.3 Å². The van der Waals surface area contributed by atoms with Crippen LogP contribution in [0.15, 0.2) is 12.2 Å². The van der Waals surface area contributed by atoms with Gasteiger partial charge in [-0.05, 0) is 38.4 Å². The molecule has 0 amide bonds. The van der Waals surface area contributed by atoms with E-state index in [0.29, 0.717) is 5.92 Å². The third-order valence-corrected chi connectivity index (χ3v) is 2.12. The van der Waals surface area contributed by atoms with Crippen LogP contribution in [0.3, 0.4) is 0 Å². The number of hydrogen-bond acceptors (Lipinski definition) is 2. The molecule has 0 spiro atoms. The highest BCUT2D eigenvalue weighted by atomic mass is 16.1. The molecule has 1 fully saturated rings. The van der Waals surface area contributed by atoms with Crippen molar-refractivity contribution >= 4 is 6.29 Å². The van der Waals surface area contributed by atoms with Crippen LogP contribution in [-0.2, 0) is 4.79 Å². The van der Waals surface area contributed by atoms with Crippen molar-refractivity contribution in [2.75, 3.05) is 20.1 Å². The van der Waals surface area contributed by atoms with E-state index in [2.05, 4.69) is 11.9 Å². The molecule has 2 nitrogen and oxygen atoms in total. The number of carbonyl (C=O) groups is 1. The third-order valence-electron chi connectivity index (χ3n) is 2.12. The molecular formula is C9H15NO. The Balaban J connectivity index is 2.33. The fraction of sp³-hybridized carbons (Fsp3) is 0.667. The standard InChI is InChI=1S/C9H15NO/c1-10-6-2-4-9(8-10)5-3-7-11/h3,5,7,9H,2,4,6,8H2,1H3/b5-3+. The summed E-state index contributed by atoms with van der Waals surface area (Å²) in [7, 11) is 2.13. The van der Waals surface area contributed by atoms with Crippen LogP contribution in [0.25, 0.3) is 0 Å². The van der Waals surface area contributed by atoms with Gasteiger partial charge in [-0.3, -0.25) is 4.79 Å². The number of likely N-dealkylation sites (tertiary alicyclic amines) is 1. The number of allylic oxidation sites excluding steroid dienone is 1. The van der Waals surface area contributed by atoms with Gasteiger partial charge in [-0.25, -0.2) is 0 Å². The minimum absolute atomic E-state index is 0.596. The summed E-state index contributed by atoms with van der Waals surface area (Å²) in [5.41, 5.74) is 0. The van der Waals surface area contributed by atoms with E-state index in [0.717, 1.165) is 12.8 Å². The van der Waals surface area contributed by atoms with Gasteiger partial charge in [0.1, 0.15) is 6.29 Å². The molecule has 0 aromatic heterocycles. The van der Waals surface area contributed by atoms with Crippen molar-refractivity contribution in [2.45, 2.75) is 12.8 Å². The van der Waals surface area contributed by atoms with Crippen molar-refractivity contribution in [3.05, 3.63) is 12.2 Å². The lowest BCUT2D eigenvalue weighted by Crippen LogP contribution is -2.31. The van der Waals surface area contributed by atoms with E-state index in [9.17, 15) is 4.79 Å². The van der Waals surface area contributed by atoms with Gasteiger partial charge in [0.05, 0.1) is 0 Å². The van der Waals surface area contributed by atoms with Crippen LogP contribution < -0.4 is 0 Å². The van der Waals surface area contributed by atoms with Gasteiger partial charge in [0.15, 0.2) is 0 Å². The van der Waals surface area contributed by atoms with Crippen LogP contribution in [0.5, 0.6) is 0 Å². The van der Waals surface area contributed by atoms with Crippen molar-refractivity contribution in [3.8, 4) is 0 Å². The smallest absolute Gasteiger partial charge is 0.142 e. The van der Waals surface area contributed by atoms with E-state index in [1.165, 1.54) is 19.4 Å². The normalized spacial score (nSPS) is 27.5. The maximum Gasteiger partial charge on any atom is 0.142 e. The molecule has 1 unspecified atom stereocenters. The van der Waals surface area contributed by atoms with Crippen LogP contribution in [0.4, 0.5) is 0 Å². The molecule has 0 bridgehead atoms. The van der Waals surface area contributed by atoms with Crippen LogP contribution in [0, 0.1) is 5.92 Å². The quantitative estimate of drug-likeness (QED) is 0.437. The Hall–Kier alpha value is -0.630. The van der Waals surface area contributed by atoms with E-state index < -0.39 is 0 Å². The number of carbonyl (C=O) groups excluding carboxylic acids is 1. The van der Waals surface area contributed by atoms with Gasteiger partial charge in [0.25, 0.3) is 0 Å². The highest BCUT2D eigenvalue weighted by Crippen LogP contribution is 2.15. The first-order chi connectivity index (χ1) is 5.33. The second-order valence-corrected chi connectivity index (χ2v) is 3.19. The summed E-state index contributed by atoms with van der Waals surface area (Å²) in [4.78, 5) is 12.3. The molecule has 2 heteroatoms. The molecule has 1 aliphatic heterocycles. The summed E-state index contributed by atoms with van der Waals surface area (Å²) in [6.07, 6.45) is 6.97. The van der Waals surface area contributed by atoms with Crippen LogP contribution in [-0.4, -0.2) is 31.3 Å². The third kappa shape index (κ3) is 2.85. The molecule has 0 saturated carbocycles. The highest BCUT2D eigenvalue weighted by Gasteiger charge is 2.13. The molecule has 1 atom stereocenters. The molecule has 0 N–H and O–H groups in total. The lowest BCUT2D eigenvalue weighted by atomic mass is 9.98. The highest BCUT2D eigenvalue weighted by molar-refractivity contribution is 5.64. The second kappa shape index (κ2) is 4.29. The summed E-state index contributed by atoms with van der Waals surface area (Å²) in [5, 5.41) is 0. The van der Waals surface area contributed by atoms with Gasteiger partial charge in [-0.15, -0.1) is 0 Å². The van der Waals surface area contributed by atoms with Crippen LogP contribution >= 0.6 is 0 Å². The molecule has 0 aromatic carbocycles. The van der Waals surface area contributed by atoms with Crippen molar-refractivity contribution in [1.29, 1.82) is 0 Å². The number of aldehydes is 1. The van der Waals surface area contributed by atoms with Crippen molar-refractivity contribution in [1.82, 2.24) is 4.90 Å². The Morgan fingerprint density at radius 3 is 3.00 bits per heavy atom. The van der Waals surface area contributed by atoms with Crippen molar-refractivity contribution < 1.29 is 4.79 Å². The van der Waals surface area contributed by atoms with Gasteiger partial charge >= 0.3 is 0 Å². The molecule has 11 heavy (non-hydrogen) atoms. The Kier molecular flexibility index (Phi) is 3.30. The molecule has 0 aromatic rings. The maximum absolute atomic E-state index is 10.0. The molecule has 1 saturated heterocycles. The predicted octanol–water partition coefficient (Wildman–Crippen LogP) is 1.08. The van der Waals surface area contributed by atoms with Gasteiger partial charge < -0.3 is 4.90 Å². The van der Waals surface area contributed by atoms with Crippen LogP contribution in [0.2, 0.25) is 0 Å². The molecule has 62 valence electrons. The number of piperidine rings is 1. The Bertz CT molecular complexity index is 154. The lowest BCUT2D eigenvalue weighted by Gasteiger charge is -2.27. The summed E-state index contributed by atoms with van der Waals surface area (Å²) >= 11 is 0. The molecule has 1 heterocycles. The van der Waals surface area contributed by atoms with Gasteiger partial charge in [0.2, 0.25) is 0 Å². The summed E-state index contributed by atoms with van der Waals surface area (Å²) in [5.74, 6) is 0.596. The molecular weight excluding hydrogens is 138 g/mol. The lowest BCUT2D eigenvalue weighted by molar-refractivity contribution is -0.104. The summed E-state index contributed by atoms with van der Waals surface area (Å²) in [6, 6.07) is 0. The van der Waals surface area contributed by atoms with Crippen molar-refractivity contribution in [3.63, 3.8) is 0 Å². The monoisotopic (exact) mass is 153 g/mol. The average Bonchev–Trinajstić information content (AvgIpc) is 2.01. The minimum atomic E-state index is 0.596. The summed E-state index contributed by atoms with van der Waals surface area (Å²) in [6.45, 7) is 2.30. The first kappa shape index (κ1) is 8.47. The summed E-state index contributed by atoms with van der Waals surface area (Å²) < 4.78 is 0. The van der Waals surface area contributed by atoms with E-state index in [1.807, 2.05) is 6.08 Å². The maximum atomic E-state index is 10.0. The largest absolute Gasteiger partial charge is 0.306 e. The first-order valence-corrected chi connectivity index (χ1v) is 4.13. The number of rotatable bonds is 2. The first-order valence-electron chi connectivity index (χ1n) is 4.13. The SMILES string of the molecule is CN1CCCC(/C=C/C=O)C1. The van der Waals surface area contributed by atoms with E-state index >= 15 is 0 Å². The predicted molar refractivity (Wildman–Crippen MR) is 45.4 cm³/mol. The zero-order valence-corrected chi connectivity index (χ0v) is 6.99. The van der Waals surface area contributed by atoms with Gasteiger partial charge in [-0.1, -0.05) is 6.08 Å². The van der Waals surface area contributed by atoms with Crippen LogP contribution in [0.1, 0.15) is 12.8 Å². The Labute approximate surface area is 67.9 Å². The zero-order valence-electron chi connectivity index (χ0n) is 6.99. The van der Waals surface area contributed by atoms with E-state index in [4.69, 9.17) is 0 Å². The Morgan fingerprint density at radius 1 is 1.55 bits per heavy atom. The Morgan fingerprint density at radius 2 is 2.36 bits per heavy atom. The second-order valence-electron chi connectivity index (χ2n) is 3.19. The molecule has 0 radical (unpaired) electrons. The van der Waals surface area contributed by atoms with Crippen molar-refractivity contribution in [2.24, 2.45) is 5.92 Å². The van der Waals surface area contributed by atoms with E-state index in [-0.39, 0.29) is 0 Å². The number of nitrogens with zero attached hydrogens (tertiary/aromatic N) is 1. The fourth-order valence-corrected chi connectivity index (χ4v) is 1.57. The average molecular weight is 153 g/mol.